The number of benzene rings is 1. The summed E-state index contributed by atoms with van der Waals surface area (Å²) in [5.41, 5.74) is 4.21. The van der Waals surface area contributed by atoms with E-state index in [0.29, 0.717) is 38.9 Å². The molecule has 0 fully saturated rings. The number of aliphatic carboxylic acids is 2. The number of hydrogen-bond acceptors (Lipinski definition) is 8. The fourth-order valence-corrected chi connectivity index (χ4v) is 3.77. The normalized spacial score (nSPS) is 11.9. The number of pyridine rings is 1. The number of anilines is 1. The lowest BCUT2D eigenvalue weighted by Crippen LogP contribution is -2.21. The maximum absolute atomic E-state index is 13.9. The summed E-state index contributed by atoms with van der Waals surface area (Å²) in [6.07, 6.45) is -3.65. The van der Waals surface area contributed by atoms with Gasteiger partial charge in [0.1, 0.15) is 23.4 Å². The number of halogens is 8. The highest BCUT2D eigenvalue weighted by atomic mass is 35.5. The van der Waals surface area contributed by atoms with Gasteiger partial charge in [0, 0.05) is 27.9 Å². The number of aromatic amines is 1. The number of hydrogen-bond donors (Lipinski definition) is 4. The Hall–Kier alpha value is -4.74. The number of carboxylic acids is 2. The van der Waals surface area contributed by atoms with E-state index in [4.69, 9.17) is 36.1 Å². The number of carbonyl (C=O) groups is 2. The number of H-pyrrole nitrogens is 1. The fraction of sp³-hybridized carbons (Fsp3) is 0.280. The first-order valence-electron chi connectivity index (χ1n) is 11.9. The van der Waals surface area contributed by atoms with Crippen molar-refractivity contribution in [2.75, 3.05) is 12.4 Å². The molecule has 0 spiro atoms. The zero-order valence-electron chi connectivity index (χ0n) is 22.7. The van der Waals surface area contributed by atoms with Crippen LogP contribution in [0.15, 0.2) is 37.2 Å². The van der Waals surface area contributed by atoms with E-state index in [-0.39, 0.29) is 6.04 Å². The third kappa shape index (κ3) is 9.13. The molecular weight excluding hydrogens is 633 g/mol. The second-order valence-electron chi connectivity index (χ2n) is 8.41. The minimum Gasteiger partial charge on any atom is -0.496 e. The molecule has 4 N–H and O–H groups in total. The molecule has 0 saturated carbocycles. The van der Waals surface area contributed by atoms with E-state index in [1.807, 2.05) is 19.9 Å². The van der Waals surface area contributed by atoms with Gasteiger partial charge in [-0.25, -0.2) is 28.9 Å². The molecule has 4 aromatic rings. The van der Waals surface area contributed by atoms with Crippen molar-refractivity contribution in [1.82, 2.24) is 24.9 Å². The molecule has 19 heteroatoms. The maximum atomic E-state index is 13.9. The van der Waals surface area contributed by atoms with Gasteiger partial charge < -0.3 is 25.3 Å². The number of nitrogens with one attached hydrogen (secondary N) is 2. The quantitative estimate of drug-likeness (QED) is 0.172. The Morgan fingerprint density at radius 2 is 1.64 bits per heavy atom. The highest BCUT2D eigenvalue weighted by molar-refractivity contribution is 6.32. The van der Waals surface area contributed by atoms with Gasteiger partial charge in [-0.2, -0.15) is 26.3 Å². The molecule has 4 rings (SSSR count). The highest BCUT2D eigenvalue weighted by Crippen LogP contribution is 2.43. The van der Waals surface area contributed by atoms with E-state index >= 15 is 0 Å². The van der Waals surface area contributed by atoms with Gasteiger partial charge in [-0.05, 0) is 31.0 Å². The molecule has 0 bridgehead atoms. The topological polar surface area (TPSA) is 163 Å². The standard InChI is InChI=1S/C21H20ClFN6O.2C2HF3O2/c1-4-16(29-21-18-20(26-9-25-18)27-10-28-21)14-6-15(22)11(2)17(19(14)30-3)12-5-13(23)8-24-7-12;2*3-2(4,5)1(6)7/h5-10,16H,4H2,1-3H3,(H2,25,26,27,28,29);2*(H,6,7). The van der Waals surface area contributed by atoms with Crippen LogP contribution in [0.25, 0.3) is 22.3 Å². The minimum atomic E-state index is -5.08. The van der Waals surface area contributed by atoms with Crippen molar-refractivity contribution in [3.05, 3.63) is 59.1 Å². The molecule has 1 unspecified atom stereocenters. The third-order valence-electron chi connectivity index (χ3n) is 5.50. The van der Waals surface area contributed by atoms with Crippen LogP contribution in [0.3, 0.4) is 0 Å². The molecule has 3 heterocycles. The number of methoxy groups -OCH3 is 1. The summed E-state index contributed by atoms with van der Waals surface area (Å²) in [4.78, 5) is 37.5. The molecule has 1 atom stereocenters. The van der Waals surface area contributed by atoms with Gasteiger partial charge in [0.2, 0.25) is 0 Å². The van der Waals surface area contributed by atoms with Crippen LogP contribution in [0.4, 0.5) is 36.6 Å². The minimum absolute atomic E-state index is 0.181. The molecule has 0 saturated heterocycles. The van der Waals surface area contributed by atoms with Crippen molar-refractivity contribution in [3.63, 3.8) is 0 Å². The zero-order valence-corrected chi connectivity index (χ0v) is 23.4. The average Bonchev–Trinajstić information content (AvgIpc) is 3.42. The first-order chi connectivity index (χ1) is 20.4. The van der Waals surface area contributed by atoms with Crippen LogP contribution in [0.2, 0.25) is 5.02 Å². The molecule has 3 aromatic heterocycles. The van der Waals surface area contributed by atoms with Crippen molar-refractivity contribution in [1.29, 1.82) is 0 Å². The largest absolute Gasteiger partial charge is 0.496 e. The molecule has 0 radical (unpaired) electrons. The van der Waals surface area contributed by atoms with Crippen LogP contribution in [-0.4, -0.2) is 66.5 Å². The smallest absolute Gasteiger partial charge is 0.490 e. The van der Waals surface area contributed by atoms with Crippen LogP contribution in [-0.2, 0) is 9.59 Å². The van der Waals surface area contributed by atoms with Gasteiger partial charge in [0.05, 0.1) is 25.7 Å². The van der Waals surface area contributed by atoms with Crippen LogP contribution in [0.5, 0.6) is 5.75 Å². The zero-order chi connectivity index (χ0) is 33.4. The van der Waals surface area contributed by atoms with Gasteiger partial charge >= 0.3 is 24.3 Å². The summed E-state index contributed by atoms with van der Waals surface area (Å²) < 4.78 is 83.1. The number of nitrogens with zero attached hydrogens (tertiary/aromatic N) is 4. The van der Waals surface area contributed by atoms with E-state index in [9.17, 15) is 30.7 Å². The van der Waals surface area contributed by atoms with Gasteiger partial charge in [0.15, 0.2) is 11.5 Å². The van der Waals surface area contributed by atoms with Crippen molar-refractivity contribution in [2.24, 2.45) is 0 Å². The number of rotatable bonds is 6. The highest BCUT2D eigenvalue weighted by Gasteiger charge is 2.38. The first kappa shape index (κ1) is 35.5. The Bertz CT molecular complexity index is 1590. The van der Waals surface area contributed by atoms with Crippen molar-refractivity contribution < 1.29 is 55.3 Å². The lowest BCUT2D eigenvalue weighted by atomic mass is 9.93. The van der Waals surface area contributed by atoms with Gasteiger partial charge in [-0.3, -0.25) is 4.98 Å². The molecular formula is C25H22ClF7N6O5. The number of imidazole rings is 1. The Balaban J connectivity index is 0.000000402. The lowest BCUT2D eigenvalue weighted by Gasteiger charge is -2.24. The van der Waals surface area contributed by atoms with E-state index < -0.39 is 30.1 Å². The van der Waals surface area contributed by atoms with E-state index in [1.165, 1.54) is 12.4 Å². The SMILES string of the molecule is CCC(Nc1ncnc2nc[nH]c12)c1cc(Cl)c(C)c(-c2cncc(F)c2)c1OC.O=C(O)C(F)(F)F.O=C(O)C(F)(F)F. The number of ether oxygens (including phenoxy) is 1. The second kappa shape index (κ2) is 14.6. The average molecular weight is 655 g/mol. The predicted octanol–water partition coefficient (Wildman–Crippen LogP) is 6.35. The number of aromatic nitrogens is 5. The summed E-state index contributed by atoms with van der Waals surface area (Å²) in [6.45, 7) is 3.92. The van der Waals surface area contributed by atoms with Crippen molar-refractivity contribution in [3.8, 4) is 16.9 Å². The van der Waals surface area contributed by atoms with Gasteiger partial charge in [0.25, 0.3) is 0 Å². The number of fused-ring (bicyclic) bond motifs is 1. The maximum Gasteiger partial charge on any atom is 0.490 e. The van der Waals surface area contributed by atoms with Crippen LogP contribution in [0.1, 0.15) is 30.5 Å². The Morgan fingerprint density at radius 1 is 1.05 bits per heavy atom. The summed E-state index contributed by atoms with van der Waals surface area (Å²) in [5.74, 6) is -4.71. The Labute approximate surface area is 248 Å². The fourth-order valence-electron chi connectivity index (χ4n) is 3.56. The molecule has 11 nitrogen and oxygen atoms in total. The number of carboxylic acid groups (broad SMARTS) is 2. The molecule has 0 aliphatic carbocycles. The Morgan fingerprint density at radius 3 is 2.14 bits per heavy atom. The molecule has 0 amide bonds. The first-order valence-corrected chi connectivity index (χ1v) is 12.3. The number of alkyl halides is 6. The summed E-state index contributed by atoms with van der Waals surface area (Å²) in [5, 5.41) is 18.2. The molecule has 44 heavy (non-hydrogen) atoms. The van der Waals surface area contributed by atoms with E-state index in [2.05, 4.69) is 30.2 Å². The molecule has 0 aliphatic heterocycles. The monoisotopic (exact) mass is 654 g/mol. The molecule has 238 valence electrons. The third-order valence-corrected chi connectivity index (χ3v) is 5.90. The van der Waals surface area contributed by atoms with E-state index in [0.717, 1.165) is 23.7 Å². The predicted molar refractivity (Wildman–Crippen MR) is 142 cm³/mol. The Kier molecular flexibility index (Phi) is 11.8. The van der Waals surface area contributed by atoms with Crippen molar-refractivity contribution in [2.45, 2.75) is 38.7 Å². The summed E-state index contributed by atoms with van der Waals surface area (Å²) in [7, 11) is 1.59. The van der Waals surface area contributed by atoms with Crippen LogP contribution < -0.4 is 10.1 Å². The van der Waals surface area contributed by atoms with Gasteiger partial charge in [-0.15, -0.1) is 0 Å². The van der Waals surface area contributed by atoms with Crippen LogP contribution in [0, 0.1) is 12.7 Å². The lowest BCUT2D eigenvalue weighted by molar-refractivity contribution is -0.193. The summed E-state index contributed by atoms with van der Waals surface area (Å²) >= 11 is 6.58. The van der Waals surface area contributed by atoms with Crippen molar-refractivity contribution >= 4 is 40.5 Å². The molecule has 1 aromatic carbocycles. The van der Waals surface area contributed by atoms with Gasteiger partial charge in [-0.1, -0.05) is 18.5 Å². The second-order valence-corrected chi connectivity index (χ2v) is 8.81. The van der Waals surface area contributed by atoms with E-state index in [1.54, 1.807) is 19.6 Å². The van der Waals surface area contributed by atoms with Crippen LogP contribution >= 0.6 is 11.6 Å². The molecule has 0 aliphatic rings. The summed E-state index contributed by atoms with van der Waals surface area (Å²) in [6, 6.07) is 3.11.